The molecule has 0 saturated carbocycles. The first kappa shape index (κ1) is 11.7. The lowest BCUT2D eigenvalue weighted by molar-refractivity contribution is 0.662. The minimum Gasteiger partial charge on any atom is -0.369 e. The molecule has 3 rings (SSSR count). The van der Waals surface area contributed by atoms with Crippen LogP contribution in [-0.2, 0) is 0 Å². The minimum absolute atomic E-state index is 0.000979. The SMILES string of the molecule is CC(c1nccs1)n1c(N)nc2ccc(C#N)cc21. The first-order valence-electron chi connectivity index (χ1n) is 5.77. The van der Waals surface area contributed by atoms with E-state index in [0.29, 0.717) is 11.5 Å². The normalized spacial score (nSPS) is 12.4. The fourth-order valence-electron chi connectivity index (χ4n) is 2.14. The lowest BCUT2D eigenvalue weighted by Gasteiger charge is -2.13. The second-order valence-corrected chi connectivity index (χ2v) is 5.13. The van der Waals surface area contributed by atoms with E-state index in [0.717, 1.165) is 16.0 Å². The van der Waals surface area contributed by atoms with Crippen molar-refractivity contribution in [2.24, 2.45) is 0 Å². The fraction of sp³-hybridized carbons (Fsp3) is 0.154. The molecule has 1 unspecified atom stereocenters. The molecule has 5 nitrogen and oxygen atoms in total. The van der Waals surface area contributed by atoms with Gasteiger partial charge in [-0.05, 0) is 25.1 Å². The Morgan fingerprint density at radius 1 is 1.47 bits per heavy atom. The molecule has 0 aliphatic rings. The molecule has 0 amide bonds. The standard InChI is InChI=1S/C13H11N5S/c1-8(12-16-4-5-19-12)18-11-6-9(7-14)2-3-10(11)17-13(18)15/h2-6,8H,1H3,(H2,15,17). The summed E-state index contributed by atoms with van der Waals surface area (Å²) in [6.07, 6.45) is 1.77. The van der Waals surface area contributed by atoms with Crippen LogP contribution in [0.1, 0.15) is 23.5 Å². The van der Waals surface area contributed by atoms with Gasteiger partial charge in [-0.1, -0.05) is 0 Å². The number of aromatic nitrogens is 3. The molecule has 19 heavy (non-hydrogen) atoms. The summed E-state index contributed by atoms with van der Waals surface area (Å²) >= 11 is 1.58. The van der Waals surface area contributed by atoms with E-state index in [4.69, 9.17) is 11.0 Å². The number of rotatable bonds is 2. The molecule has 3 aromatic rings. The molecule has 94 valence electrons. The number of hydrogen-bond donors (Lipinski definition) is 1. The van der Waals surface area contributed by atoms with Crippen LogP contribution in [-0.4, -0.2) is 14.5 Å². The van der Waals surface area contributed by atoms with Crippen LogP contribution in [0.4, 0.5) is 5.95 Å². The average Bonchev–Trinajstić information content (AvgIpc) is 3.03. The van der Waals surface area contributed by atoms with Crippen molar-refractivity contribution in [3.05, 3.63) is 40.3 Å². The molecule has 0 aliphatic carbocycles. The molecule has 2 heterocycles. The summed E-state index contributed by atoms with van der Waals surface area (Å²) in [7, 11) is 0. The van der Waals surface area contributed by atoms with Crippen molar-refractivity contribution in [2.75, 3.05) is 5.73 Å². The monoisotopic (exact) mass is 269 g/mol. The number of imidazole rings is 1. The van der Waals surface area contributed by atoms with Gasteiger partial charge in [0.1, 0.15) is 5.01 Å². The summed E-state index contributed by atoms with van der Waals surface area (Å²) in [6, 6.07) is 7.50. The zero-order valence-corrected chi connectivity index (χ0v) is 11.1. The smallest absolute Gasteiger partial charge is 0.201 e. The van der Waals surface area contributed by atoms with Crippen LogP contribution < -0.4 is 5.73 Å². The molecule has 0 saturated heterocycles. The third-order valence-electron chi connectivity index (χ3n) is 3.04. The maximum absolute atomic E-state index is 9.00. The third kappa shape index (κ3) is 1.84. The second kappa shape index (κ2) is 4.37. The molecule has 2 aromatic heterocycles. The quantitative estimate of drug-likeness (QED) is 0.775. The number of hydrogen-bond acceptors (Lipinski definition) is 5. The van der Waals surface area contributed by atoms with Gasteiger partial charge in [0.25, 0.3) is 0 Å². The van der Waals surface area contributed by atoms with E-state index in [1.165, 1.54) is 0 Å². The first-order chi connectivity index (χ1) is 9.20. The van der Waals surface area contributed by atoms with Gasteiger partial charge in [-0.2, -0.15) is 5.26 Å². The van der Waals surface area contributed by atoms with E-state index in [9.17, 15) is 0 Å². The largest absolute Gasteiger partial charge is 0.369 e. The van der Waals surface area contributed by atoms with Crippen LogP contribution in [0.25, 0.3) is 11.0 Å². The van der Waals surface area contributed by atoms with E-state index >= 15 is 0 Å². The molecule has 0 aliphatic heterocycles. The maximum atomic E-state index is 9.00. The van der Waals surface area contributed by atoms with E-state index in [-0.39, 0.29) is 6.04 Å². The van der Waals surface area contributed by atoms with Gasteiger partial charge in [0.2, 0.25) is 5.95 Å². The number of nitrogens with two attached hydrogens (primary N) is 1. The van der Waals surface area contributed by atoms with E-state index in [1.54, 1.807) is 23.6 Å². The van der Waals surface area contributed by atoms with Gasteiger partial charge >= 0.3 is 0 Å². The number of anilines is 1. The first-order valence-corrected chi connectivity index (χ1v) is 6.65. The van der Waals surface area contributed by atoms with Gasteiger partial charge < -0.3 is 10.3 Å². The molecular formula is C13H11N5S. The number of nitrogen functional groups attached to an aromatic ring is 1. The molecule has 1 atom stereocenters. The molecule has 1 aromatic carbocycles. The summed E-state index contributed by atoms with van der Waals surface area (Å²) in [5.41, 5.74) is 8.25. The topological polar surface area (TPSA) is 80.5 Å². The zero-order chi connectivity index (χ0) is 13.4. The number of nitriles is 1. The van der Waals surface area contributed by atoms with E-state index < -0.39 is 0 Å². The van der Waals surface area contributed by atoms with Crippen molar-refractivity contribution in [3.63, 3.8) is 0 Å². The van der Waals surface area contributed by atoms with Crippen molar-refractivity contribution >= 4 is 28.3 Å². The highest BCUT2D eigenvalue weighted by Gasteiger charge is 2.17. The van der Waals surface area contributed by atoms with Crippen molar-refractivity contribution in [3.8, 4) is 6.07 Å². The second-order valence-electron chi connectivity index (χ2n) is 4.20. The van der Waals surface area contributed by atoms with Crippen molar-refractivity contribution in [1.82, 2.24) is 14.5 Å². The van der Waals surface area contributed by atoms with E-state index in [1.807, 2.05) is 29.0 Å². The molecule has 0 bridgehead atoms. The highest BCUT2D eigenvalue weighted by Crippen LogP contribution is 2.28. The van der Waals surface area contributed by atoms with Crippen molar-refractivity contribution in [1.29, 1.82) is 5.26 Å². The summed E-state index contributed by atoms with van der Waals surface area (Å²) < 4.78 is 1.91. The minimum atomic E-state index is -0.000979. The van der Waals surface area contributed by atoms with Gasteiger partial charge in [0, 0.05) is 11.6 Å². The Morgan fingerprint density at radius 3 is 3.00 bits per heavy atom. The Hall–Kier alpha value is -2.39. The fourth-order valence-corrected chi connectivity index (χ4v) is 2.82. The predicted octanol–water partition coefficient (Wildman–Crippen LogP) is 2.56. The van der Waals surface area contributed by atoms with Crippen LogP contribution in [0.15, 0.2) is 29.8 Å². The maximum Gasteiger partial charge on any atom is 0.201 e. The van der Waals surface area contributed by atoms with Gasteiger partial charge in [-0.15, -0.1) is 11.3 Å². The summed E-state index contributed by atoms with van der Waals surface area (Å²) in [5, 5.41) is 11.9. The molecule has 6 heteroatoms. The van der Waals surface area contributed by atoms with Gasteiger partial charge in [-0.3, -0.25) is 0 Å². The highest BCUT2D eigenvalue weighted by atomic mass is 32.1. The lowest BCUT2D eigenvalue weighted by Crippen LogP contribution is -2.09. The molecule has 2 N–H and O–H groups in total. The van der Waals surface area contributed by atoms with Gasteiger partial charge in [0.05, 0.1) is 28.7 Å². The average molecular weight is 269 g/mol. The molecule has 0 radical (unpaired) electrons. The molecule has 0 fully saturated rings. The summed E-state index contributed by atoms with van der Waals surface area (Å²) in [4.78, 5) is 8.64. The van der Waals surface area contributed by atoms with Crippen LogP contribution in [0.2, 0.25) is 0 Å². The number of thiazole rings is 1. The van der Waals surface area contributed by atoms with Crippen LogP contribution in [0.5, 0.6) is 0 Å². The molecule has 0 spiro atoms. The van der Waals surface area contributed by atoms with Crippen LogP contribution in [0, 0.1) is 11.3 Å². The van der Waals surface area contributed by atoms with Gasteiger partial charge in [0.15, 0.2) is 0 Å². The summed E-state index contributed by atoms with van der Waals surface area (Å²) in [5.74, 6) is 0.438. The lowest BCUT2D eigenvalue weighted by atomic mass is 10.2. The van der Waals surface area contributed by atoms with E-state index in [2.05, 4.69) is 16.0 Å². The molecular weight excluding hydrogens is 258 g/mol. The van der Waals surface area contributed by atoms with Gasteiger partial charge in [-0.25, -0.2) is 9.97 Å². The Bertz CT molecular complexity index is 766. The number of nitrogens with zero attached hydrogens (tertiary/aromatic N) is 4. The van der Waals surface area contributed by atoms with Crippen molar-refractivity contribution in [2.45, 2.75) is 13.0 Å². The van der Waals surface area contributed by atoms with Crippen LogP contribution >= 0.6 is 11.3 Å². The highest BCUT2D eigenvalue weighted by molar-refractivity contribution is 7.09. The van der Waals surface area contributed by atoms with Crippen molar-refractivity contribution < 1.29 is 0 Å². The Balaban J connectivity index is 2.22. The number of fused-ring (bicyclic) bond motifs is 1. The Morgan fingerprint density at radius 2 is 2.32 bits per heavy atom. The predicted molar refractivity (Wildman–Crippen MR) is 74.8 cm³/mol. The number of benzene rings is 1. The zero-order valence-electron chi connectivity index (χ0n) is 10.2. The Kier molecular flexibility index (Phi) is 2.69. The summed E-state index contributed by atoms with van der Waals surface area (Å²) in [6.45, 7) is 2.02. The Labute approximate surface area is 113 Å². The van der Waals surface area contributed by atoms with Crippen LogP contribution in [0.3, 0.4) is 0 Å². The third-order valence-corrected chi connectivity index (χ3v) is 3.99.